The maximum atomic E-state index is 12.3. The van der Waals surface area contributed by atoms with Crippen LogP contribution in [0.25, 0.3) is 11.3 Å². The highest BCUT2D eigenvalue weighted by atomic mass is 35.5. The van der Waals surface area contributed by atoms with Gasteiger partial charge in [-0.25, -0.2) is 9.78 Å². The third-order valence-corrected chi connectivity index (χ3v) is 4.51. The molecule has 144 valence electrons. The van der Waals surface area contributed by atoms with Gasteiger partial charge in [0.15, 0.2) is 11.7 Å². The summed E-state index contributed by atoms with van der Waals surface area (Å²) in [6, 6.07) is 12.3. The number of nitrogens with zero attached hydrogens (tertiary/aromatic N) is 1. The quantitative estimate of drug-likeness (QED) is 0.610. The van der Waals surface area contributed by atoms with E-state index < -0.39 is 5.97 Å². The van der Waals surface area contributed by atoms with Gasteiger partial charge in [0.25, 0.3) is 0 Å². The fraction of sp³-hybridized carbons (Fsp3) is 0.190. The molecule has 7 heteroatoms. The Morgan fingerprint density at radius 1 is 1.21 bits per heavy atom. The van der Waals surface area contributed by atoms with Gasteiger partial charge in [-0.2, -0.15) is 0 Å². The molecule has 1 heterocycles. The van der Waals surface area contributed by atoms with E-state index in [9.17, 15) is 9.59 Å². The molecule has 0 aliphatic heterocycles. The highest BCUT2D eigenvalue weighted by molar-refractivity contribution is 6.33. The molecular formula is C21H19ClN2O4. The van der Waals surface area contributed by atoms with Gasteiger partial charge >= 0.3 is 5.97 Å². The largest absolute Gasteiger partial charge is 0.465 e. The van der Waals surface area contributed by atoms with Crippen molar-refractivity contribution in [1.82, 2.24) is 4.98 Å². The molecule has 0 radical (unpaired) electrons. The number of amides is 1. The molecule has 0 spiro atoms. The summed E-state index contributed by atoms with van der Waals surface area (Å²) in [5.74, 6) is 0.434. The number of hydrogen-bond donors (Lipinski definition) is 1. The van der Waals surface area contributed by atoms with Crippen LogP contribution in [0.2, 0.25) is 5.02 Å². The minimum atomic E-state index is -0.417. The van der Waals surface area contributed by atoms with E-state index in [4.69, 9.17) is 16.0 Å². The van der Waals surface area contributed by atoms with Crippen LogP contribution in [0.1, 0.15) is 28.2 Å². The smallest absolute Gasteiger partial charge is 0.337 e. The van der Waals surface area contributed by atoms with Gasteiger partial charge in [0.2, 0.25) is 5.91 Å². The number of nitrogens with one attached hydrogen (secondary N) is 1. The third kappa shape index (κ3) is 4.58. The van der Waals surface area contributed by atoms with E-state index in [0.717, 1.165) is 11.1 Å². The highest BCUT2D eigenvalue weighted by Crippen LogP contribution is 2.28. The summed E-state index contributed by atoms with van der Waals surface area (Å²) in [6.07, 6.45) is 2.17. The van der Waals surface area contributed by atoms with Gasteiger partial charge in [-0.1, -0.05) is 23.7 Å². The van der Waals surface area contributed by atoms with Crippen molar-refractivity contribution in [2.75, 3.05) is 12.4 Å². The van der Waals surface area contributed by atoms with E-state index in [2.05, 4.69) is 15.0 Å². The Morgan fingerprint density at radius 2 is 2.00 bits per heavy atom. The molecule has 3 aromatic rings. The number of oxazole rings is 1. The lowest BCUT2D eigenvalue weighted by Crippen LogP contribution is -2.13. The standard InChI is InChI=1S/C21H19ClN2O4/c1-13-11-14(21(26)27-2)7-8-17(13)24-19(25)9-10-20-23-12-18(28-20)15-5-3-4-6-16(15)22/h3-8,11-12H,9-10H2,1-2H3,(H,24,25). The van der Waals surface area contributed by atoms with E-state index in [1.54, 1.807) is 30.5 Å². The van der Waals surface area contributed by atoms with Crippen molar-refractivity contribution in [1.29, 1.82) is 0 Å². The Morgan fingerprint density at radius 3 is 2.71 bits per heavy atom. The normalized spacial score (nSPS) is 10.5. The van der Waals surface area contributed by atoms with Gasteiger partial charge in [0, 0.05) is 24.1 Å². The second-order valence-electron chi connectivity index (χ2n) is 6.17. The van der Waals surface area contributed by atoms with Gasteiger partial charge in [-0.05, 0) is 42.8 Å². The molecule has 0 fully saturated rings. The van der Waals surface area contributed by atoms with Crippen LogP contribution in [-0.2, 0) is 16.0 Å². The van der Waals surface area contributed by atoms with Crippen molar-refractivity contribution in [3.8, 4) is 11.3 Å². The lowest BCUT2D eigenvalue weighted by molar-refractivity contribution is -0.116. The van der Waals surface area contributed by atoms with E-state index in [1.807, 2.05) is 25.1 Å². The summed E-state index contributed by atoms with van der Waals surface area (Å²) >= 11 is 6.16. The molecule has 1 aromatic heterocycles. The van der Waals surface area contributed by atoms with E-state index in [-0.39, 0.29) is 12.3 Å². The van der Waals surface area contributed by atoms with Crippen LogP contribution in [0.3, 0.4) is 0 Å². The van der Waals surface area contributed by atoms with Crippen LogP contribution >= 0.6 is 11.6 Å². The topological polar surface area (TPSA) is 81.4 Å². The van der Waals surface area contributed by atoms with Crippen molar-refractivity contribution in [3.05, 3.63) is 70.7 Å². The first kappa shape index (κ1) is 19.6. The number of ether oxygens (including phenoxy) is 1. The Kier molecular flexibility index (Phi) is 6.11. The number of rotatable bonds is 6. The zero-order valence-corrected chi connectivity index (χ0v) is 16.2. The van der Waals surface area contributed by atoms with Gasteiger partial charge in [-0.15, -0.1) is 0 Å². The van der Waals surface area contributed by atoms with E-state index in [1.165, 1.54) is 7.11 Å². The fourth-order valence-corrected chi connectivity index (χ4v) is 2.92. The van der Waals surface area contributed by atoms with Crippen LogP contribution in [0.5, 0.6) is 0 Å². The number of aromatic nitrogens is 1. The van der Waals surface area contributed by atoms with Gasteiger partial charge < -0.3 is 14.5 Å². The first-order valence-corrected chi connectivity index (χ1v) is 9.04. The number of halogens is 1. The number of esters is 1. The average Bonchev–Trinajstić information content (AvgIpc) is 3.16. The summed E-state index contributed by atoms with van der Waals surface area (Å²) in [6.45, 7) is 1.81. The number of aryl methyl sites for hydroxylation is 2. The van der Waals surface area contributed by atoms with Crippen LogP contribution < -0.4 is 5.32 Å². The monoisotopic (exact) mass is 398 g/mol. The first-order valence-electron chi connectivity index (χ1n) is 8.66. The molecule has 0 saturated carbocycles. The molecule has 3 rings (SSSR count). The summed E-state index contributed by atoms with van der Waals surface area (Å²) in [4.78, 5) is 28.0. The zero-order valence-electron chi connectivity index (χ0n) is 15.5. The van der Waals surface area contributed by atoms with Crippen molar-refractivity contribution >= 4 is 29.2 Å². The Labute approximate surface area is 167 Å². The number of anilines is 1. The van der Waals surface area contributed by atoms with Crippen molar-refractivity contribution in [2.24, 2.45) is 0 Å². The minimum Gasteiger partial charge on any atom is -0.465 e. The predicted molar refractivity (Wildman–Crippen MR) is 106 cm³/mol. The summed E-state index contributed by atoms with van der Waals surface area (Å²) in [5.41, 5.74) is 2.61. The average molecular weight is 399 g/mol. The molecule has 28 heavy (non-hydrogen) atoms. The van der Waals surface area contributed by atoms with E-state index in [0.29, 0.717) is 34.3 Å². The van der Waals surface area contributed by atoms with E-state index >= 15 is 0 Å². The van der Waals surface area contributed by atoms with Gasteiger partial charge in [-0.3, -0.25) is 4.79 Å². The maximum Gasteiger partial charge on any atom is 0.337 e. The van der Waals surface area contributed by atoms with Crippen LogP contribution in [0.15, 0.2) is 53.1 Å². The van der Waals surface area contributed by atoms with Crippen molar-refractivity contribution in [2.45, 2.75) is 19.8 Å². The molecule has 6 nitrogen and oxygen atoms in total. The molecular weight excluding hydrogens is 380 g/mol. The van der Waals surface area contributed by atoms with Crippen LogP contribution in [-0.4, -0.2) is 24.0 Å². The Hall–Kier alpha value is -3.12. The van der Waals surface area contributed by atoms with Crippen LogP contribution in [0, 0.1) is 6.92 Å². The summed E-state index contributed by atoms with van der Waals surface area (Å²) < 4.78 is 10.4. The summed E-state index contributed by atoms with van der Waals surface area (Å²) in [5, 5.41) is 3.41. The molecule has 1 N–H and O–H groups in total. The second-order valence-corrected chi connectivity index (χ2v) is 6.57. The minimum absolute atomic E-state index is 0.175. The number of benzene rings is 2. The molecule has 0 bridgehead atoms. The highest BCUT2D eigenvalue weighted by Gasteiger charge is 2.13. The van der Waals surface area contributed by atoms with Crippen LogP contribution in [0.4, 0.5) is 5.69 Å². The number of hydrogen-bond acceptors (Lipinski definition) is 5. The first-order chi connectivity index (χ1) is 13.5. The Balaban J connectivity index is 1.59. The third-order valence-electron chi connectivity index (χ3n) is 4.18. The second kappa shape index (κ2) is 8.71. The molecule has 0 unspecified atom stereocenters. The lowest BCUT2D eigenvalue weighted by Gasteiger charge is -2.09. The van der Waals surface area contributed by atoms with Gasteiger partial charge in [0.1, 0.15) is 0 Å². The molecule has 2 aromatic carbocycles. The molecule has 0 aliphatic rings. The fourth-order valence-electron chi connectivity index (χ4n) is 2.69. The molecule has 0 aliphatic carbocycles. The van der Waals surface area contributed by atoms with Crippen molar-refractivity contribution in [3.63, 3.8) is 0 Å². The Bertz CT molecular complexity index is 1010. The lowest BCUT2D eigenvalue weighted by atomic mass is 10.1. The number of carbonyl (C=O) groups is 2. The molecule has 0 saturated heterocycles. The SMILES string of the molecule is COC(=O)c1ccc(NC(=O)CCc2ncc(-c3ccccc3Cl)o2)c(C)c1. The zero-order chi connectivity index (χ0) is 20.1. The van der Waals surface area contributed by atoms with Gasteiger partial charge in [0.05, 0.1) is 23.9 Å². The number of methoxy groups -OCH3 is 1. The molecule has 1 amide bonds. The predicted octanol–water partition coefficient (Wildman–Crippen LogP) is 4.66. The maximum absolute atomic E-state index is 12.3. The summed E-state index contributed by atoms with van der Waals surface area (Å²) in [7, 11) is 1.33. The van der Waals surface area contributed by atoms with Crippen molar-refractivity contribution < 1.29 is 18.7 Å². The molecule has 0 atom stereocenters. The number of carbonyl (C=O) groups excluding carboxylic acids is 2.